The highest BCUT2D eigenvalue weighted by Gasteiger charge is 1.89. The van der Waals surface area contributed by atoms with Crippen LogP contribution in [0.15, 0.2) is 60.9 Å². The Morgan fingerprint density at radius 1 is 1.40 bits per heavy atom. The standard InChI is InChI=1S/C14H17N/c1-3-8-13(2)9-4-5-10-14-11-6-7-12-15-14/h3-4,6-9,11-12H,2,5,10H2,1H3/b8-3-,9-4-. The highest BCUT2D eigenvalue weighted by atomic mass is 14.7. The van der Waals surface area contributed by atoms with Crippen LogP contribution in [0, 0.1) is 0 Å². The smallest absolute Gasteiger partial charge is 0.0406 e. The van der Waals surface area contributed by atoms with E-state index < -0.39 is 0 Å². The molecule has 1 rings (SSSR count). The Hall–Kier alpha value is -1.63. The van der Waals surface area contributed by atoms with Crippen LogP contribution in [-0.4, -0.2) is 4.98 Å². The Morgan fingerprint density at radius 3 is 2.93 bits per heavy atom. The van der Waals surface area contributed by atoms with E-state index in [1.165, 1.54) is 0 Å². The van der Waals surface area contributed by atoms with Crippen LogP contribution in [-0.2, 0) is 6.42 Å². The fourth-order valence-corrected chi connectivity index (χ4v) is 1.28. The number of hydrogen-bond acceptors (Lipinski definition) is 1. The minimum Gasteiger partial charge on any atom is -0.261 e. The van der Waals surface area contributed by atoms with E-state index in [4.69, 9.17) is 0 Å². The first kappa shape index (κ1) is 11.4. The number of rotatable bonds is 5. The van der Waals surface area contributed by atoms with Gasteiger partial charge in [-0.25, -0.2) is 0 Å². The third kappa shape index (κ3) is 4.96. The second-order valence-electron chi connectivity index (χ2n) is 3.34. The summed E-state index contributed by atoms with van der Waals surface area (Å²) in [5.74, 6) is 0. The van der Waals surface area contributed by atoms with Crippen molar-refractivity contribution < 1.29 is 0 Å². The maximum atomic E-state index is 4.26. The predicted octanol–water partition coefficient (Wildman–Crippen LogP) is 3.70. The van der Waals surface area contributed by atoms with Crippen LogP contribution in [0.5, 0.6) is 0 Å². The van der Waals surface area contributed by atoms with Gasteiger partial charge in [-0.05, 0) is 37.5 Å². The summed E-state index contributed by atoms with van der Waals surface area (Å²) in [4.78, 5) is 4.26. The van der Waals surface area contributed by atoms with Gasteiger partial charge in [-0.1, -0.05) is 36.9 Å². The van der Waals surface area contributed by atoms with Crippen molar-refractivity contribution >= 4 is 0 Å². The summed E-state index contributed by atoms with van der Waals surface area (Å²) >= 11 is 0. The highest BCUT2D eigenvalue weighted by Crippen LogP contribution is 2.01. The molecule has 1 aromatic heterocycles. The Bertz CT molecular complexity index is 347. The molecule has 78 valence electrons. The second kappa shape index (κ2) is 6.77. The van der Waals surface area contributed by atoms with Crippen LogP contribution in [0.3, 0.4) is 0 Å². The molecule has 15 heavy (non-hydrogen) atoms. The van der Waals surface area contributed by atoms with Gasteiger partial charge < -0.3 is 0 Å². The molecule has 1 aromatic rings. The molecule has 1 heteroatoms. The lowest BCUT2D eigenvalue weighted by atomic mass is 10.2. The monoisotopic (exact) mass is 199 g/mol. The van der Waals surface area contributed by atoms with E-state index in [-0.39, 0.29) is 0 Å². The molecule has 0 unspecified atom stereocenters. The molecule has 0 radical (unpaired) electrons. The Labute approximate surface area is 91.9 Å². The second-order valence-corrected chi connectivity index (χ2v) is 3.34. The third-order valence-electron chi connectivity index (χ3n) is 2.01. The van der Waals surface area contributed by atoms with Crippen LogP contribution in [0.1, 0.15) is 19.0 Å². The van der Waals surface area contributed by atoms with Crippen LogP contribution in [0.25, 0.3) is 0 Å². The van der Waals surface area contributed by atoms with Crippen LogP contribution < -0.4 is 0 Å². The van der Waals surface area contributed by atoms with E-state index in [0.29, 0.717) is 0 Å². The molecule has 0 aliphatic rings. The lowest BCUT2D eigenvalue weighted by Crippen LogP contribution is -1.86. The largest absolute Gasteiger partial charge is 0.261 e. The first-order valence-electron chi connectivity index (χ1n) is 5.21. The maximum absolute atomic E-state index is 4.26. The molecule has 0 spiro atoms. The molecule has 0 aliphatic carbocycles. The first-order valence-corrected chi connectivity index (χ1v) is 5.21. The number of nitrogens with zero attached hydrogens (tertiary/aromatic N) is 1. The van der Waals surface area contributed by atoms with Crippen molar-refractivity contribution in [1.29, 1.82) is 0 Å². The van der Waals surface area contributed by atoms with Crippen molar-refractivity contribution in [3.63, 3.8) is 0 Å². The van der Waals surface area contributed by atoms with Crippen molar-refractivity contribution in [2.75, 3.05) is 0 Å². The van der Waals surface area contributed by atoms with E-state index >= 15 is 0 Å². The predicted molar refractivity (Wildman–Crippen MR) is 65.7 cm³/mol. The summed E-state index contributed by atoms with van der Waals surface area (Å²) in [5.41, 5.74) is 2.18. The topological polar surface area (TPSA) is 12.9 Å². The maximum Gasteiger partial charge on any atom is 0.0406 e. The summed E-state index contributed by atoms with van der Waals surface area (Å²) in [7, 11) is 0. The van der Waals surface area contributed by atoms with E-state index in [9.17, 15) is 0 Å². The van der Waals surface area contributed by atoms with Crippen LogP contribution >= 0.6 is 0 Å². The molecular formula is C14H17N. The lowest BCUT2D eigenvalue weighted by Gasteiger charge is -1.95. The van der Waals surface area contributed by atoms with Gasteiger partial charge in [0.2, 0.25) is 0 Å². The van der Waals surface area contributed by atoms with Gasteiger partial charge in [-0.15, -0.1) is 0 Å². The van der Waals surface area contributed by atoms with Crippen molar-refractivity contribution in [3.8, 4) is 0 Å². The molecule has 0 fully saturated rings. The lowest BCUT2D eigenvalue weighted by molar-refractivity contribution is 0.943. The highest BCUT2D eigenvalue weighted by molar-refractivity contribution is 5.26. The van der Waals surface area contributed by atoms with Crippen LogP contribution in [0.4, 0.5) is 0 Å². The zero-order valence-electron chi connectivity index (χ0n) is 9.19. The van der Waals surface area contributed by atoms with Crippen LogP contribution in [0.2, 0.25) is 0 Å². The van der Waals surface area contributed by atoms with Gasteiger partial charge in [-0.3, -0.25) is 4.98 Å². The average molecular weight is 199 g/mol. The Morgan fingerprint density at radius 2 is 2.27 bits per heavy atom. The average Bonchev–Trinajstić information content (AvgIpc) is 2.26. The van der Waals surface area contributed by atoms with Gasteiger partial charge in [0.15, 0.2) is 0 Å². The number of pyridine rings is 1. The molecule has 0 atom stereocenters. The van der Waals surface area contributed by atoms with Crippen molar-refractivity contribution in [3.05, 3.63) is 66.5 Å². The van der Waals surface area contributed by atoms with Gasteiger partial charge >= 0.3 is 0 Å². The first-order chi connectivity index (χ1) is 7.33. The molecule has 0 amide bonds. The van der Waals surface area contributed by atoms with E-state index in [0.717, 1.165) is 24.1 Å². The molecule has 0 saturated heterocycles. The number of aromatic nitrogens is 1. The van der Waals surface area contributed by atoms with E-state index in [1.54, 1.807) is 0 Å². The van der Waals surface area contributed by atoms with Crippen molar-refractivity contribution in [2.24, 2.45) is 0 Å². The quantitative estimate of drug-likeness (QED) is 0.659. The molecule has 0 saturated carbocycles. The fourth-order valence-electron chi connectivity index (χ4n) is 1.28. The SMILES string of the molecule is C=C(/C=C\C)/C=C\CCc1ccccn1. The minimum absolute atomic E-state index is 0.987. The molecule has 0 bridgehead atoms. The van der Waals surface area contributed by atoms with Crippen molar-refractivity contribution in [2.45, 2.75) is 19.8 Å². The zero-order valence-corrected chi connectivity index (χ0v) is 9.19. The number of allylic oxidation sites excluding steroid dienone is 5. The fraction of sp³-hybridized carbons (Fsp3) is 0.214. The van der Waals surface area contributed by atoms with Crippen molar-refractivity contribution in [1.82, 2.24) is 4.98 Å². The van der Waals surface area contributed by atoms with Gasteiger partial charge in [0.05, 0.1) is 0 Å². The normalized spacial score (nSPS) is 11.3. The Balaban J connectivity index is 2.30. The Kier molecular flexibility index (Phi) is 5.16. The van der Waals surface area contributed by atoms with E-state index in [2.05, 4.69) is 23.7 Å². The molecular weight excluding hydrogens is 182 g/mol. The third-order valence-corrected chi connectivity index (χ3v) is 2.01. The summed E-state index contributed by atoms with van der Waals surface area (Å²) < 4.78 is 0. The molecule has 0 aromatic carbocycles. The zero-order chi connectivity index (χ0) is 10.9. The molecule has 1 nitrogen and oxygen atoms in total. The van der Waals surface area contributed by atoms with Gasteiger partial charge in [0.1, 0.15) is 0 Å². The summed E-state index contributed by atoms with van der Waals surface area (Å²) in [5, 5.41) is 0. The van der Waals surface area contributed by atoms with Gasteiger partial charge in [-0.2, -0.15) is 0 Å². The number of aryl methyl sites for hydroxylation is 1. The van der Waals surface area contributed by atoms with Gasteiger partial charge in [0, 0.05) is 11.9 Å². The van der Waals surface area contributed by atoms with Gasteiger partial charge in [0.25, 0.3) is 0 Å². The number of hydrogen-bond donors (Lipinski definition) is 0. The molecule has 1 heterocycles. The molecule has 0 N–H and O–H groups in total. The molecule has 0 aliphatic heterocycles. The minimum atomic E-state index is 0.987. The summed E-state index contributed by atoms with van der Waals surface area (Å²) in [6, 6.07) is 6.01. The van der Waals surface area contributed by atoms with E-state index in [1.807, 2.05) is 43.5 Å². The summed E-state index contributed by atoms with van der Waals surface area (Å²) in [6.07, 6.45) is 12.0. The summed E-state index contributed by atoms with van der Waals surface area (Å²) in [6.45, 7) is 5.89.